The van der Waals surface area contributed by atoms with E-state index in [9.17, 15) is 9.59 Å². The Morgan fingerprint density at radius 1 is 0.946 bits per heavy atom. The van der Waals surface area contributed by atoms with E-state index in [1.54, 1.807) is 24.3 Å². The van der Waals surface area contributed by atoms with Gasteiger partial charge in [-0.15, -0.1) is 0 Å². The Balaban J connectivity index is 1.65. The summed E-state index contributed by atoms with van der Waals surface area (Å²) in [6.45, 7) is 2.80. The SMILES string of the molecule is CN(C)CCN(C)Cc1ccc(NC(=C2C(=O)Nc3cc(Cl)ccc32)c2ccc(CC(=O)O)cc2)cc1. The summed E-state index contributed by atoms with van der Waals surface area (Å²) in [5.74, 6) is -1.12. The maximum atomic E-state index is 13.1. The number of carboxylic acid groups (broad SMARTS) is 1. The third-order valence-corrected chi connectivity index (χ3v) is 6.41. The molecule has 3 aromatic rings. The van der Waals surface area contributed by atoms with Gasteiger partial charge in [-0.25, -0.2) is 0 Å². The van der Waals surface area contributed by atoms with Crippen LogP contribution in [0.4, 0.5) is 11.4 Å². The van der Waals surface area contributed by atoms with Gasteiger partial charge in [-0.3, -0.25) is 9.59 Å². The van der Waals surface area contributed by atoms with Crippen molar-refractivity contribution in [1.82, 2.24) is 9.80 Å². The number of benzene rings is 3. The number of likely N-dealkylation sites (N-methyl/N-ethyl adjacent to an activating group) is 2. The van der Waals surface area contributed by atoms with E-state index in [0.29, 0.717) is 27.5 Å². The fourth-order valence-electron chi connectivity index (χ4n) is 4.24. The second kappa shape index (κ2) is 11.6. The molecule has 0 atom stereocenters. The number of aliphatic carboxylic acids is 1. The van der Waals surface area contributed by atoms with Crippen LogP contribution in [0.3, 0.4) is 0 Å². The molecule has 3 N–H and O–H groups in total. The Labute approximate surface area is 222 Å². The van der Waals surface area contributed by atoms with E-state index in [0.717, 1.165) is 36.4 Å². The summed E-state index contributed by atoms with van der Waals surface area (Å²) in [7, 11) is 6.24. The summed E-state index contributed by atoms with van der Waals surface area (Å²) in [6.07, 6.45) is -0.0636. The third kappa shape index (κ3) is 6.77. The number of hydrogen-bond acceptors (Lipinski definition) is 5. The first-order valence-corrected chi connectivity index (χ1v) is 12.4. The topological polar surface area (TPSA) is 84.9 Å². The molecule has 37 heavy (non-hydrogen) atoms. The van der Waals surface area contributed by atoms with Crippen LogP contribution in [0.15, 0.2) is 66.7 Å². The fraction of sp³-hybridized carbons (Fsp3) is 0.241. The Hall–Kier alpha value is -3.65. The van der Waals surface area contributed by atoms with Crippen molar-refractivity contribution in [3.05, 3.63) is 94.0 Å². The predicted octanol–water partition coefficient (Wildman–Crippen LogP) is 4.89. The van der Waals surface area contributed by atoms with Crippen LogP contribution in [-0.2, 0) is 22.6 Å². The van der Waals surface area contributed by atoms with Crippen LogP contribution < -0.4 is 10.6 Å². The maximum Gasteiger partial charge on any atom is 0.307 e. The van der Waals surface area contributed by atoms with E-state index in [2.05, 4.69) is 53.7 Å². The van der Waals surface area contributed by atoms with Gasteiger partial charge in [-0.1, -0.05) is 54.1 Å². The van der Waals surface area contributed by atoms with Crippen molar-refractivity contribution in [1.29, 1.82) is 0 Å². The molecule has 1 heterocycles. The minimum absolute atomic E-state index is 0.0636. The number of anilines is 2. The zero-order chi connectivity index (χ0) is 26.5. The van der Waals surface area contributed by atoms with E-state index >= 15 is 0 Å². The van der Waals surface area contributed by atoms with Gasteiger partial charge in [0.15, 0.2) is 0 Å². The summed E-state index contributed by atoms with van der Waals surface area (Å²) < 4.78 is 0. The number of nitrogens with zero attached hydrogens (tertiary/aromatic N) is 2. The highest BCUT2D eigenvalue weighted by atomic mass is 35.5. The number of hydrogen-bond donors (Lipinski definition) is 3. The molecule has 0 unspecified atom stereocenters. The largest absolute Gasteiger partial charge is 0.481 e. The molecule has 0 saturated heterocycles. The van der Waals surface area contributed by atoms with Gasteiger partial charge in [-0.05, 0) is 62.1 Å². The molecule has 0 aromatic heterocycles. The van der Waals surface area contributed by atoms with Gasteiger partial charge in [-0.2, -0.15) is 0 Å². The third-order valence-electron chi connectivity index (χ3n) is 6.18. The number of halogens is 1. The average molecular weight is 519 g/mol. The predicted molar refractivity (Wildman–Crippen MR) is 150 cm³/mol. The molecule has 7 nitrogen and oxygen atoms in total. The normalized spacial score (nSPS) is 14.1. The molecule has 1 aliphatic heterocycles. The molecular formula is C29H31ClN4O3. The van der Waals surface area contributed by atoms with Crippen LogP contribution in [0, 0.1) is 0 Å². The molecule has 0 aliphatic carbocycles. The first kappa shape index (κ1) is 26.4. The number of carbonyl (C=O) groups excluding carboxylic acids is 1. The number of rotatable bonds is 10. The van der Waals surface area contributed by atoms with E-state index < -0.39 is 5.97 Å². The average Bonchev–Trinajstić information content (AvgIpc) is 3.17. The molecular weight excluding hydrogens is 488 g/mol. The van der Waals surface area contributed by atoms with Crippen molar-refractivity contribution in [3.63, 3.8) is 0 Å². The van der Waals surface area contributed by atoms with Gasteiger partial charge in [0.2, 0.25) is 0 Å². The lowest BCUT2D eigenvalue weighted by Gasteiger charge is -2.20. The van der Waals surface area contributed by atoms with E-state index in [-0.39, 0.29) is 12.3 Å². The monoisotopic (exact) mass is 518 g/mol. The minimum Gasteiger partial charge on any atom is -0.481 e. The summed E-state index contributed by atoms with van der Waals surface area (Å²) in [5.41, 5.74) is 6.04. The van der Waals surface area contributed by atoms with Crippen molar-refractivity contribution in [3.8, 4) is 0 Å². The number of fused-ring (bicyclic) bond motifs is 1. The smallest absolute Gasteiger partial charge is 0.307 e. The molecule has 3 aromatic carbocycles. The summed E-state index contributed by atoms with van der Waals surface area (Å²) in [5, 5.41) is 16.0. The highest BCUT2D eigenvalue weighted by Gasteiger charge is 2.28. The van der Waals surface area contributed by atoms with Crippen molar-refractivity contribution < 1.29 is 14.7 Å². The lowest BCUT2D eigenvalue weighted by atomic mass is 9.98. The van der Waals surface area contributed by atoms with Gasteiger partial charge < -0.3 is 25.5 Å². The maximum absolute atomic E-state index is 13.1. The van der Waals surface area contributed by atoms with Gasteiger partial charge in [0.25, 0.3) is 5.91 Å². The van der Waals surface area contributed by atoms with Gasteiger partial charge in [0.1, 0.15) is 0 Å². The molecule has 1 aliphatic rings. The van der Waals surface area contributed by atoms with Crippen LogP contribution in [0.1, 0.15) is 22.3 Å². The molecule has 0 radical (unpaired) electrons. The van der Waals surface area contributed by atoms with E-state index in [1.807, 2.05) is 30.3 Å². The van der Waals surface area contributed by atoms with E-state index in [1.165, 1.54) is 5.56 Å². The van der Waals surface area contributed by atoms with Crippen molar-refractivity contribution in [2.75, 3.05) is 44.9 Å². The summed E-state index contributed by atoms with van der Waals surface area (Å²) in [4.78, 5) is 28.7. The highest BCUT2D eigenvalue weighted by Crippen LogP contribution is 2.38. The van der Waals surface area contributed by atoms with Crippen molar-refractivity contribution in [2.45, 2.75) is 13.0 Å². The second-order valence-electron chi connectivity index (χ2n) is 9.52. The Morgan fingerprint density at radius 3 is 2.27 bits per heavy atom. The lowest BCUT2D eigenvalue weighted by Crippen LogP contribution is -2.28. The molecule has 0 fully saturated rings. The number of amides is 1. The lowest BCUT2D eigenvalue weighted by molar-refractivity contribution is -0.136. The zero-order valence-corrected chi connectivity index (χ0v) is 22.0. The quantitative estimate of drug-likeness (QED) is 0.331. The molecule has 192 valence electrons. The van der Waals surface area contributed by atoms with Crippen molar-refractivity contribution >= 4 is 46.1 Å². The molecule has 0 bridgehead atoms. The first-order chi connectivity index (χ1) is 17.7. The molecule has 1 amide bonds. The zero-order valence-electron chi connectivity index (χ0n) is 21.2. The van der Waals surface area contributed by atoms with Gasteiger partial charge in [0, 0.05) is 35.9 Å². The van der Waals surface area contributed by atoms with Crippen LogP contribution in [0.25, 0.3) is 11.3 Å². The van der Waals surface area contributed by atoms with Crippen molar-refractivity contribution in [2.24, 2.45) is 0 Å². The Morgan fingerprint density at radius 2 is 1.62 bits per heavy atom. The number of carboxylic acids is 1. The van der Waals surface area contributed by atoms with Crippen LogP contribution in [0.2, 0.25) is 5.02 Å². The van der Waals surface area contributed by atoms with Gasteiger partial charge >= 0.3 is 5.97 Å². The van der Waals surface area contributed by atoms with Crippen LogP contribution >= 0.6 is 11.6 Å². The molecule has 0 spiro atoms. The Bertz CT molecular complexity index is 1320. The summed E-state index contributed by atoms with van der Waals surface area (Å²) in [6, 6.07) is 20.7. The number of carbonyl (C=O) groups is 2. The van der Waals surface area contributed by atoms with Gasteiger partial charge in [0.05, 0.1) is 23.4 Å². The minimum atomic E-state index is -0.891. The fourth-order valence-corrected chi connectivity index (χ4v) is 4.41. The molecule has 8 heteroatoms. The second-order valence-corrected chi connectivity index (χ2v) is 9.96. The Kier molecular flexibility index (Phi) is 8.28. The molecule has 4 rings (SSSR count). The van der Waals surface area contributed by atoms with Crippen LogP contribution in [0.5, 0.6) is 0 Å². The van der Waals surface area contributed by atoms with E-state index in [4.69, 9.17) is 16.7 Å². The molecule has 0 saturated carbocycles. The first-order valence-electron chi connectivity index (χ1n) is 12.1. The summed E-state index contributed by atoms with van der Waals surface area (Å²) >= 11 is 6.15. The number of nitrogens with one attached hydrogen (secondary N) is 2. The highest BCUT2D eigenvalue weighted by molar-refractivity contribution is 6.38. The van der Waals surface area contributed by atoms with Crippen LogP contribution in [-0.4, -0.2) is 61.0 Å². The standard InChI is InChI=1S/C29H31ClN4O3/c1-33(2)14-15-34(3)18-20-6-11-23(12-7-20)31-28(21-8-4-19(5-9-21)16-26(35)36)27-24-13-10-22(30)17-25(24)32-29(27)37/h4-13,17,31H,14-16,18H2,1-3H3,(H,32,37)(H,35,36).